The number of nitrogens with one attached hydrogen (secondary N) is 2. The van der Waals surface area contributed by atoms with Gasteiger partial charge in [0.05, 0.1) is 39.4 Å². The molecular weight excluding hydrogens is 395 g/mol. The molecule has 146 valence electrons. The summed E-state index contributed by atoms with van der Waals surface area (Å²) in [4.78, 5) is 12.5. The molecule has 1 heterocycles. The number of aryl methyl sites for hydroxylation is 1. The summed E-state index contributed by atoms with van der Waals surface area (Å²) in [6, 6.07) is 15.2. The maximum atomic E-state index is 12.5. The van der Waals surface area contributed by atoms with Gasteiger partial charge in [-0.15, -0.1) is 0 Å². The van der Waals surface area contributed by atoms with E-state index in [0.717, 1.165) is 28.3 Å². The number of hydrogen-bond donors (Lipinski definition) is 2. The van der Waals surface area contributed by atoms with Crippen molar-refractivity contribution in [3.63, 3.8) is 0 Å². The molecule has 0 saturated heterocycles. The van der Waals surface area contributed by atoms with Gasteiger partial charge in [-0.2, -0.15) is 5.10 Å². The predicted octanol–water partition coefficient (Wildman–Crippen LogP) is 5.09. The van der Waals surface area contributed by atoms with Crippen LogP contribution in [0.4, 0.5) is 5.69 Å². The summed E-state index contributed by atoms with van der Waals surface area (Å²) in [5.74, 6) is -0.134. The molecule has 0 fully saturated rings. The van der Waals surface area contributed by atoms with Crippen molar-refractivity contribution < 1.29 is 4.79 Å². The lowest BCUT2D eigenvalue weighted by Gasteiger charge is -2.15. The number of hydrogen-bond acceptors (Lipinski definition) is 3. The summed E-state index contributed by atoms with van der Waals surface area (Å²) in [5.41, 5.74) is 4.31. The number of benzene rings is 2. The molecule has 0 aliphatic rings. The van der Waals surface area contributed by atoms with Gasteiger partial charge in [0.25, 0.3) is 0 Å². The summed E-state index contributed by atoms with van der Waals surface area (Å²) in [5, 5.41) is 11.7. The largest absolute Gasteiger partial charge is 0.322 e. The number of halogens is 2. The SMILES string of the molecule is Cc1nn(-c2ccccc2)c(C)c1NC(=O)CNC(C)c1ccc(Cl)c(Cl)c1. The molecule has 3 aromatic rings. The third-order valence-electron chi connectivity index (χ3n) is 4.57. The van der Waals surface area contributed by atoms with Crippen LogP contribution in [-0.2, 0) is 4.79 Å². The molecule has 1 unspecified atom stereocenters. The van der Waals surface area contributed by atoms with Gasteiger partial charge in [-0.25, -0.2) is 4.68 Å². The molecule has 1 amide bonds. The fourth-order valence-corrected chi connectivity index (χ4v) is 3.28. The van der Waals surface area contributed by atoms with Crippen LogP contribution in [0.3, 0.4) is 0 Å². The molecule has 0 spiro atoms. The van der Waals surface area contributed by atoms with Gasteiger partial charge in [0.1, 0.15) is 0 Å². The molecule has 0 saturated carbocycles. The van der Waals surface area contributed by atoms with Crippen molar-refractivity contribution >= 4 is 34.8 Å². The van der Waals surface area contributed by atoms with E-state index in [2.05, 4.69) is 15.7 Å². The van der Waals surface area contributed by atoms with Gasteiger partial charge in [0, 0.05) is 6.04 Å². The van der Waals surface area contributed by atoms with Gasteiger partial charge >= 0.3 is 0 Å². The highest BCUT2D eigenvalue weighted by Crippen LogP contribution is 2.26. The third-order valence-corrected chi connectivity index (χ3v) is 5.31. The number of amides is 1. The zero-order valence-corrected chi connectivity index (χ0v) is 17.5. The molecule has 7 heteroatoms. The lowest BCUT2D eigenvalue weighted by molar-refractivity contribution is -0.115. The van der Waals surface area contributed by atoms with E-state index >= 15 is 0 Å². The second-order valence-electron chi connectivity index (χ2n) is 6.62. The fourth-order valence-electron chi connectivity index (χ4n) is 2.97. The van der Waals surface area contributed by atoms with Crippen LogP contribution >= 0.6 is 23.2 Å². The molecule has 2 N–H and O–H groups in total. The Morgan fingerprint density at radius 2 is 1.82 bits per heavy atom. The van der Waals surface area contributed by atoms with Crippen LogP contribution in [0, 0.1) is 13.8 Å². The summed E-state index contributed by atoms with van der Waals surface area (Å²) >= 11 is 12.0. The number of carbonyl (C=O) groups is 1. The summed E-state index contributed by atoms with van der Waals surface area (Å²) in [6.07, 6.45) is 0. The van der Waals surface area contributed by atoms with Crippen LogP contribution in [0.5, 0.6) is 0 Å². The van der Waals surface area contributed by atoms with Crippen molar-refractivity contribution in [2.24, 2.45) is 0 Å². The van der Waals surface area contributed by atoms with Gasteiger partial charge in [-0.1, -0.05) is 47.5 Å². The molecule has 0 aliphatic heterocycles. The van der Waals surface area contributed by atoms with E-state index < -0.39 is 0 Å². The monoisotopic (exact) mass is 416 g/mol. The molecule has 5 nitrogen and oxygen atoms in total. The van der Waals surface area contributed by atoms with Gasteiger partial charge in [0.2, 0.25) is 5.91 Å². The Morgan fingerprint density at radius 1 is 1.11 bits per heavy atom. The Bertz CT molecular complexity index is 986. The van der Waals surface area contributed by atoms with E-state index in [-0.39, 0.29) is 18.5 Å². The van der Waals surface area contributed by atoms with E-state index in [9.17, 15) is 4.79 Å². The minimum atomic E-state index is -0.134. The highest BCUT2D eigenvalue weighted by atomic mass is 35.5. The van der Waals surface area contributed by atoms with Gasteiger partial charge in [-0.05, 0) is 50.6 Å². The van der Waals surface area contributed by atoms with Crippen LogP contribution in [0.2, 0.25) is 10.0 Å². The van der Waals surface area contributed by atoms with Gasteiger partial charge in [0.15, 0.2) is 0 Å². The zero-order valence-electron chi connectivity index (χ0n) is 16.0. The van der Waals surface area contributed by atoms with Crippen molar-refractivity contribution in [3.05, 3.63) is 75.5 Å². The third kappa shape index (κ3) is 4.55. The topological polar surface area (TPSA) is 59.0 Å². The van der Waals surface area contributed by atoms with Crippen LogP contribution in [0.25, 0.3) is 5.69 Å². The Labute approximate surface area is 174 Å². The number of carbonyl (C=O) groups excluding carboxylic acids is 1. The first-order valence-corrected chi connectivity index (χ1v) is 9.72. The van der Waals surface area contributed by atoms with E-state index in [1.807, 2.05) is 61.9 Å². The van der Waals surface area contributed by atoms with E-state index in [1.54, 1.807) is 12.1 Å². The lowest BCUT2D eigenvalue weighted by atomic mass is 10.1. The van der Waals surface area contributed by atoms with Crippen LogP contribution in [0.1, 0.15) is 29.9 Å². The minimum absolute atomic E-state index is 0.0465. The lowest BCUT2D eigenvalue weighted by Crippen LogP contribution is -2.30. The van der Waals surface area contributed by atoms with Crippen LogP contribution in [-0.4, -0.2) is 22.2 Å². The molecule has 1 aromatic heterocycles. The van der Waals surface area contributed by atoms with E-state index in [0.29, 0.717) is 10.0 Å². The number of nitrogens with zero attached hydrogens (tertiary/aromatic N) is 2. The van der Waals surface area contributed by atoms with Crippen molar-refractivity contribution in [3.8, 4) is 5.69 Å². The van der Waals surface area contributed by atoms with Crippen LogP contribution in [0.15, 0.2) is 48.5 Å². The minimum Gasteiger partial charge on any atom is -0.322 e. The first kappa shape index (κ1) is 20.4. The van der Waals surface area contributed by atoms with Crippen LogP contribution < -0.4 is 10.6 Å². The standard InChI is InChI=1S/C21H22Cl2N4O/c1-13(16-9-10-18(22)19(23)11-16)24-12-20(28)25-21-14(2)26-27(15(21)3)17-7-5-4-6-8-17/h4-11,13,24H,12H2,1-3H3,(H,25,28). The predicted molar refractivity (Wildman–Crippen MR) is 115 cm³/mol. The molecule has 3 rings (SSSR count). The zero-order chi connectivity index (χ0) is 20.3. The summed E-state index contributed by atoms with van der Waals surface area (Å²) in [7, 11) is 0. The van der Waals surface area contributed by atoms with E-state index in [1.165, 1.54) is 0 Å². The summed E-state index contributed by atoms with van der Waals surface area (Å²) in [6.45, 7) is 5.95. The maximum Gasteiger partial charge on any atom is 0.238 e. The number of para-hydroxylation sites is 1. The average molecular weight is 417 g/mol. The molecule has 28 heavy (non-hydrogen) atoms. The Hall–Kier alpha value is -2.34. The van der Waals surface area contributed by atoms with Gasteiger partial charge in [-0.3, -0.25) is 4.79 Å². The van der Waals surface area contributed by atoms with Gasteiger partial charge < -0.3 is 10.6 Å². The maximum absolute atomic E-state index is 12.5. The first-order chi connectivity index (χ1) is 13.4. The molecular formula is C21H22Cl2N4O. The van der Waals surface area contributed by atoms with Crippen molar-refractivity contribution in [1.29, 1.82) is 0 Å². The number of aromatic nitrogens is 2. The Kier molecular flexibility index (Phi) is 6.39. The first-order valence-electron chi connectivity index (χ1n) is 8.96. The van der Waals surface area contributed by atoms with Crippen molar-refractivity contribution in [2.45, 2.75) is 26.8 Å². The second kappa shape index (κ2) is 8.78. The Morgan fingerprint density at radius 3 is 2.50 bits per heavy atom. The smallest absolute Gasteiger partial charge is 0.238 e. The molecule has 0 radical (unpaired) electrons. The van der Waals surface area contributed by atoms with E-state index in [4.69, 9.17) is 23.2 Å². The quantitative estimate of drug-likeness (QED) is 0.588. The Balaban J connectivity index is 1.65. The van der Waals surface area contributed by atoms with Crippen molar-refractivity contribution in [1.82, 2.24) is 15.1 Å². The summed E-state index contributed by atoms with van der Waals surface area (Å²) < 4.78 is 1.83. The second-order valence-corrected chi connectivity index (χ2v) is 7.43. The molecule has 0 aliphatic carbocycles. The van der Waals surface area contributed by atoms with Crippen molar-refractivity contribution in [2.75, 3.05) is 11.9 Å². The molecule has 0 bridgehead atoms. The number of anilines is 1. The average Bonchev–Trinajstić information content (AvgIpc) is 2.97. The fraction of sp³-hybridized carbons (Fsp3) is 0.238. The highest BCUT2D eigenvalue weighted by Gasteiger charge is 2.16. The highest BCUT2D eigenvalue weighted by molar-refractivity contribution is 6.42. The number of rotatable bonds is 6. The molecule has 2 aromatic carbocycles. The normalized spacial score (nSPS) is 12.0. The molecule has 1 atom stereocenters.